The zero-order chi connectivity index (χ0) is 11.5. The minimum Gasteiger partial charge on any atom is -0.395 e. The van der Waals surface area contributed by atoms with Crippen molar-refractivity contribution in [2.75, 3.05) is 14.2 Å². The van der Waals surface area contributed by atoms with Crippen LogP contribution in [0.3, 0.4) is 0 Å². The van der Waals surface area contributed by atoms with Gasteiger partial charge in [0.2, 0.25) is 0 Å². The molecule has 0 aromatic heterocycles. The lowest BCUT2D eigenvalue weighted by Gasteiger charge is -2.39. The molecule has 5 heteroatoms. The summed E-state index contributed by atoms with van der Waals surface area (Å²) in [6, 6.07) is 0. The highest BCUT2D eigenvalue weighted by Gasteiger charge is 2.46. The quantitative estimate of drug-likeness (QED) is 0.730. The van der Waals surface area contributed by atoms with Gasteiger partial charge in [-0.15, -0.1) is 0 Å². The molecule has 1 saturated carbocycles. The zero-order valence-corrected chi connectivity index (χ0v) is 12.8. The maximum absolute atomic E-state index is 5.90. The van der Waals surface area contributed by atoms with E-state index in [1.807, 2.05) is 7.11 Å². The topological polar surface area (TPSA) is 33.3 Å². The van der Waals surface area contributed by atoms with Crippen LogP contribution in [0.25, 0.3) is 0 Å². The minimum atomic E-state index is -1.88. The molecule has 1 atom stereocenters. The fraction of sp³-hybridized carbons (Fsp3) is 1.00. The van der Waals surface area contributed by atoms with Gasteiger partial charge in [-0.2, -0.15) is 0 Å². The van der Waals surface area contributed by atoms with Gasteiger partial charge in [0.05, 0.1) is 0 Å². The third-order valence-corrected chi connectivity index (χ3v) is 10.8. The SMILES string of the molecule is CN[Si](N[Si](C)(C)C)(OC)C1CCCC1. The van der Waals surface area contributed by atoms with E-state index in [4.69, 9.17) is 4.43 Å². The van der Waals surface area contributed by atoms with Gasteiger partial charge in [0.1, 0.15) is 8.24 Å². The van der Waals surface area contributed by atoms with Crippen LogP contribution in [0.5, 0.6) is 0 Å². The Bertz CT molecular complexity index is 196. The lowest BCUT2D eigenvalue weighted by molar-refractivity contribution is 0.359. The van der Waals surface area contributed by atoms with E-state index in [0.717, 1.165) is 5.54 Å². The van der Waals surface area contributed by atoms with Crippen LogP contribution in [0.2, 0.25) is 25.2 Å². The van der Waals surface area contributed by atoms with Gasteiger partial charge >= 0.3 is 8.64 Å². The molecule has 0 aliphatic heterocycles. The van der Waals surface area contributed by atoms with Crippen LogP contribution >= 0.6 is 0 Å². The first-order valence-electron chi connectivity index (χ1n) is 5.97. The first-order chi connectivity index (χ1) is 6.93. The summed E-state index contributed by atoms with van der Waals surface area (Å²) in [5.74, 6) is 0. The number of rotatable bonds is 5. The molecule has 0 saturated heterocycles. The van der Waals surface area contributed by atoms with Crippen LogP contribution in [0.1, 0.15) is 25.7 Å². The van der Waals surface area contributed by atoms with E-state index >= 15 is 0 Å². The summed E-state index contributed by atoms with van der Waals surface area (Å²) in [4.78, 5) is 3.50. The van der Waals surface area contributed by atoms with Gasteiger partial charge in [0.25, 0.3) is 0 Å². The highest BCUT2D eigenvalue weighted by atomic mass is 28.4. The molecule has 1 fully saturated rings. The average Bonchev–Trinajstić information content (AvgIpc) is 2.66. The summed E-state index contributed by atoms with van der Waals surface area (Å²) in [5, 5.41) is 0. The van der Waals surface area contributed by atoms with Gasteiger partial charge in [-0.3, -0.25) is 0 Å². The number of hydrogen-bond donors (Lipinski definition) is 2. The van der Waals surface area contributed by atoms with E-state index in [1.54, 1.807) is 0 Å². The molecule has 2 N–H and O–H groups in total. The van der Waals surface area contributed by atoms with E-state index < -0.39 is 16.9 Å². The first kappa shape index (κ1) is 13.4. The summed E-state index contributed by atoms with van der Waals surface area (Å²) in [7, 11) is 0.764. The van der Waals surface area contributed by atoms with Gasteiger partial charge in [-0.25, -0.2) is 0 Å². The fourth-order valence-electron chi connectivity index (χ4n) is 2.58. The normalized spacial score (nSPS) is 23.0. The van der Waals surface area contributed by atoms with Crippen LogP contribution < -0.4 is 9.63 Å². The highest BCUT2D eigenvalue weighted by Crippen LogP contribution is 2.36. The fourth-order valence-corrected chi connectivity index (χ4v) is 10.9. The standard InChI is InChI=1S/C10H26N2OSi2/c1-11-15(13-2,12-14(3,4)5)10-8-6-7-9-10/h10-12H,6-9H2,1-5H3. The summed E-state index contributed by atoms with van der Waals surface area (Å²) in [6.07, 6.45) is 5.41. The van der Waals surface area contributed by atoms with E-state index in [-0.39, 0.29) is 0 Å². The Morgan fingerprint density at radius 2 is 1.67 bits per heavy atom. The zero-order valence-electron chi connectivity index (χ0n) is 10.8. The van der Waals surface area contributed by atoms with Crippen LogP contribution in [0.15, 0.2) is 0 Å². The molecule has 3 nitrogen and oxygen atoms in total. The summed E-state index contributed by atoms with van der Waals surface area (Å²) < 4.78 is 9.75. The molecular formula is C10H26N2OSi2. The maximum Gasteiger partial charge on any atom is 0.347 e. The van der Waals surface area contributed by atoms with Crippen molar-refractivity contribution in [3.63, 3.8) is 0 Å². The van der Waals surface area contributed by atoms with Crippen molar-refractivity contribution in [3.8, 4) is 0 Å². The summed E-state index contributed by atoms with van der Waals surface area (Å²) >= 11 is 0. The Labute approximate surface area is 96.4 Å². The highest BCUT2D eigenvalue weighted by molar-refractivity contribution is 6.88. The monoisotopic (exact) mass is 246 g/mol. The van der Waals surface area contributed by atoms with Crippen molar-refractivity contribution in [3.05, 3.63) is 0 Å². The van der Waals surface area contributed by atoms with Crippen molar-refractivity contribution in [2.45, 2.75) is 50.9 Å². The molecule has 0 heterocycles. The number of hydrogen-bond acceptors (Lipinski definition) is 3. The van der Waals surface area contributed by atoms with Gasteiger partial charge < -0.3 is 14.1 Å². The molecule has 0 spiro atoms. The molecule has 0 aromatic carbocycles. The molecule has 15 heavy (non-hydrogen) atoms. The molecule has 1 rings (SSSR count). The largest absolute Gasteiger partial charge is 0.395 e. The van der Waals surface area contributed by atoms with Crippen LogP contribution in [-0.2, 0) is 4.43 Å². The van der Waals surface area contributed by atoms with Crippen molar-refractivity contribution in [1.29, 1.82) is 0 Å². The Kier molecular flexibility index (Phi) is 4.55. The van der Waals surface area contributed by atoms with Gasteiger partial charge in [-0.05, 0) is 19.9 Å². The first-order valence-corrected chi connectivity index (χ1v) is 11.5. The molecule has 0 bridgehead atoms. The molecule has 0 radical (unpaired) electrons. The predicted molar refractivity (Wildman–Crippen MR) is 70.5 cm³/mol. The molecule has 1 unspecified atom stereocenters. The van der Waals surface area contributed by atoms with E-state index in [9.17, 15) is 0 Å². The van der Waals surface area contributed by atoms with E-state index in [2.05, 4.69) is 36.3 Å². The van der Waals surface area contributed by atoms with Crippen LogP contribution in [-0.4, -0.2) is 31.0 Å². The number of nitrogens with one attached hydrogen (secondary N) is 2. The maximum atomic E-state index is 5.90. The third kappa shape index (κ3) is 3.39. The van der Waals surface area contributed by atoms with E-state index in [0.29, 0.717) is 0 Å². The van der Waals surface area contributed by atoms with Crippen LogP contribution in [0, 0.1) is 0 Å². The lowest BCUT2D eigenvalue weighted by Crippen LogP contribution is -2.71. The second-order valence-corrected chi connectivity index (χ2v) is 14.2. The van der Waals surface area contributed by atoms with Crippen molar-refractivity contribution in [2.24, 2.45) is 0 Å². The van der Waals surface area contributed by atoms with Crippen LogP contribution in [0.4, 0.5) is 0 Å². The Balaban J connectivity index is 2.76. The molecule has 0 amide bonds. The van der Waals surface area contributed by atoms with Gasteiger partial charge in [-0.1, -0.05) is 32.5 Å². The summed E-state index contributed by atoms with van der Waals surface area (Å²) in [5.41, 5.74) is 0.749. The lowest BCUT2D eigenvalue weighted by atomic mass is 10.4. The van der Waals surface area contributed by atoms with Crippen molar-refractivity contribution >= 4 is 16.9 Å². The van der Waals surface area contributed by atoms with Crippen molar-refractivity contribution in [1.82, 2.24) is 9.63 Å². The van der Waals surface area contributed by atoms with Gasteiger partial charge in [0.15, 0.2) is 0 Å². The second-order valence-electron chi connectivity index (χ2n) is 5.55. The molecule has 1 aliphatic carbocycles. The smallest absolute Gasteiger partial charge is 0.347 e. The molecular weight excluding hydrogens is 220 g/mol. The molecule has 1 aliphatic rings. The average molecular weight is 247 g/mol. The Hall–Kier alpha value is 0.314. The Morgan fingerprint density at radius 3 is 2.00 bits per heavy atom. The minimum absolute atomic E-state index is 0.749. The Morgan fingerprint density at radius 1 is 1.13 bits per heavy atom. The van der Waals surface area contributed by atoms with E-state index in [1.165, 1.54) is 25.7 Å². The predicted octanol–water partition coefficient (Wildman–Crippen LogP) is 2.16. The molecule has 90 valence electrons. The second kappa shape index (κ2) is 5.10. The van der Waals surface area contributed by atoms with Gasteiger partial charge in [0, 0.05) is 12.7 Å². The molecule has 0 aromatic rings. The summed E-state index contributed by atoms with van der Waals surface area (Å²) in [6.45, 7) is 7.04. The van der Waals surface area contributed by atoms with Crippen molar-refractivity contribution < 1.29 is 4.43 Å². The third-order valence-electron chi connectivity index (χ3n) is 3.18.